The molecule has 3 N–H and O–H groups in total. The van der Waals surface area contributed by atoms with Gasteiger partial charge in [0.1, 0.15) is 0 Å². The summed E-state index contributed by atoms with van der Waals surface area (Å²) in [5, 5.41) is 8.34. The van der Waals surface area contributed by atoms with Gasteiger partial charge in [-0.3, -0.25) is 0 Å². The Balaban J connectivity index is 2.89. The number of carbonyl (C=O) groups is 1. The maximum atomic E-state index is 10.2. The van der Waals surface area contributed by atoms with Crippen molar-refractivity contribution in [3.8, 4) is 0 Å². The molecule has 0 saturated heterocycles. The molecular formula is C9H9NO2. The highest BCUT2D eigenvalue weighted by atomic mass is 16.4. The molecular weight excluding hydrogens is 154 g/mol. The molecule has 0 radical (unpaired) electrons. The quantitative estimate of drug-likeness (QED) is 0.511. The summed E-state index contributed by atoms with van der Waals surface area (Å²) >= 11 is 0. The van der Waals surface area contributed by atoms with Crippen LogP contribution in [0.1, 0.15) is 5.56 Å². The number of aliphatic carboxylic acids is 1. The van der Waals surface area contributed by atoms with Gasteiger partial charge in [0.15, 0.2) is 0 Å². The first kappa shape index (κ1) is 8.33. The molecule has 0 bridgehead atoms. The summed E-state index contributed by atoms with van der Waals surface area (Å²) in [6.45, 7) is 0. The van der Waals surface area contributed by atoms with Gasteiger partial charge < -0.3 is 10.8 Å². The van der Waals surface area contributed by atoms with E-state index >= 15 is 0 Å². The van der Waals surface area contributed by atoms with Crippen molar-refractivity contribution in [1.29, 1.82) is 0 Å². The number of carboxylic acids is 1. The molecule has 3 nitrogen and oxygen atoms in total. The monoisotopic (exact) mass is 163 g/mol. The highest BCUT2D eigenvalue weighted by Crippen LogP contribution is 2.11. The minimum absolute atomic E-state index is 0.579. The molecule has 1 aromatic carbocycles. The van der Waals surface area contributed by atoms with Crippen LogP contribution in [-0.4, -0.2) is 11.1 Å². The van der Waals surface area contributed by atoms with Gasteiger partial charge in [-0.1, -0.05) is 18.2 Å². The van der Waals surface area contributed by atoms with E-state index in [9.17, 15) is 4.79 Å². The normalized spacial score (nSPS) is 10.3. The average molecular weight is 163 g/mol. The molecule has 62 valence electrons. The molecule has 0 aliphatic rings. The van der Waals surface area contributed by atoms with E-state index < -0.39 is 5.97 Å². The Bertz CT molecular complexity index is 318. The highest BCUT2D eigenvalue weighted by Gasteiger charge is 1.92. The second-order valence-electron chi connectivity index (χ2n) is 2.30. The lowest BCUT2D eigenvalue weighted by atomic mass is 10.2. The fraction of sp³-hybridized carbons (Fsp3) is 0. The van der Waals surface area contributed by atoms with E-state index in [1.165, 1.54) is 6.08 Å². The van der Waals surface area contributed by atoms with Crippen LogP contribution >= 0.6 is 0 Å². The molecule has 0 heterocycles. The number of hydrogen-bond acceptors (Lipinski definition) is 2. The Morgan fingerprint density at radius 2 is 2.08 bits per heavy atom. The maximum absolute atomic E-state index is 10.2. The zero-order chi connectivity index (χ0) is 8.97. The molecule has 1 aromatic rings. The van der Waals surface area contributed by atoms with E-state index in [1.54, 1.807) is 24.3 Å². The molecule has 0 spiro atoms. The zero-order valence-corrected chi connectivity index (χ0v) is 6.40. The smallest absolute Gasteiger partial charge is 0.328 e. The Hall–Kier alpha value is -1.77. The van der Waals surface area contributed by atoms with Crippen LogP contribution in [0, 0.1) is 0 Å². The number of carboxylic acid groups (broad SMARTS) is 1. The number of rotatable bonds is 2. The SMILES string of the molecule is Nc1ccccc1/C=C\C(=O)O. The van der Waals surface area contributed by atoms with Crippen molar-refractivity contribution < 1.29 is 9.90 Å². The Labute approximate surface area is 70.1 Å². The van der Waals surface area contributed by atoms with Crippen LogP contribution in [0.25, 0.3) is 6.08 Å². The van der Waals surface area contributed by atoms with E-state index in [-0.39, 0.29) is 0 Å². The molecule has 0 fully saturated rings. The number of nitrogen functional groups attached to an aromatic ring is 1. The predicted octanol–water partition coefficient (Wildman–Crippen LogP) is 1.37. The summed E-state index contributed by atoms with van der Waals surface area (Å²) in [6, 6.07) is 7.08. The Morgan fingerprint density at radius 1 is 1.42 bits per heavy atom. The van der Waals surface area contributed by atoms with E-state index in [0.717, 1.165) is 11.6 Å². The van der Waals surface area contributed by atoms with Crippen molar-refractivity contribution >= 4 is 17.7 Å². The van der Waals surface area contributed by atoms with Crippen LogP contribution in [0.4, 0.5) is 5.69 Å². The van der Waals surface area contributed by atoms with Crippen molar-refractivity contribution in [1.82, 2.24) is 0 Å². The fourth-order valence-electron chi connectivity index (χ4n) is 0.824. The molecule has 12 heavy (non-hydrogen) atoms. The standard InChI is InChI=1S/C9H9NO2/c10-8-4-2-1-3-7(8)5-6-9(11)12/h1-6H,10H2,(H,11,12)/b6-5-. The molecule has 0 aliphatic carbocycles. The van der Waals surface area contributed by atoms with Gasteiger partial charge in [0.2, 0.25) is 0 Å². The Morgan fingerprint density at radius 3 is 2.67 bits per heavy atom. The molecule has 1 rings (SSSR count). The van der Waals surface area contributed by atoms with Gasteiger partial charge in [-0.15, -0.1) is 0 Å². The third kappa shape index (κ3) is 2.12. The van der Waals surface area contributed by atoms with Crippen molar-refractivity contribution in [3.05, 3.63) is 35.9 Å². The number of anilines is 1. The average Bonchev–Trinajstić information content (AvgIpc) is 2.03. The van der Waals surface area contributed by atoms with Crippen molar-refractivity contribution in [3.63, 3.8) is 0 Å². The summed E-state index contributed by atoms with van der Waals surface area (Å²) in [6.07, 6.45) is 2.53. The summed E-state index contributed by atoms with van der Waals surface area (Å²) in [4.78, 5) is 10.2. The molecule has 3 heteroatoms. The first-order valence-corrected chi connectivity index (χ1v) is 3.45. The van der Waals surface area contributed by atoms with Gasteiger partial charge in [-0.05, 0) is 17.7 Å². The van der Waals surface area contributed by atoms with Gasteiger partial charge in [0, 0.05) is 11.8 Å². The van der Waals surface area contributed by atoms with Crippen LogP contribution in [0.15, 0.2) is 30.3 Å². The lowest BCUT2D eigenvalue weighted by Crippen LogP contribution is -1.90. The van der Waals surface area contributed by atoms with Crippen molar-refractivity contribution in [2.75, 3.05) is 5.73 Å². The van der Waals surface area contributed by atoms with Crippen molar-refractivity contribution in [2.24, 2.45) is 0 Å². The number of benzene rings is 1. The molecule has 0 unspecified atom stereocenters. The number of hydrogen-bond donors (Lipinski definition) is 2. The summed E-state index contributed by atoms with van der Waals surface area (Å²) in [5.41, 5.74) is 6.86. The summed E-state index contributed by atoms with van der Waals surface area (Å²) < 4.78 is 0. The molecule has 0 amide bonds. The van der Waals surface area contributed by atoms with Crippen LogP contribution in [-0.2, 0) is 4.79 Å². The molecule has 0 saturated carbocycles. The molecule has 0 aliphatic heterocycles. The van der Waals surface area contributed by atoms with E-state index in [2.05, 4.69) is 0 Å². The molecule has 0 aromatic heterocycles. The van der Waals surface area contributed by atoms with E-state index in [0.29, 0.717) is 5.69 Å². The minimum Gasteiger partial charge on any atom is -0.478 e. The maximum Gasteiger partial charge on any atom is 0.328 e. The first-order chi connectivity index (χ1) is 5.70. The third-order valence-corrected chi connectivity index (χ3v) is 1.40. The van der Waals surface area contributed by atoms with Gasteiger partial charge >= 0.3 is 5.97 Å². The van der Waals surface area contributed by atoms with Crippen LogP contribution in [0.2, 0.25) is 0 Å². The lowest BCUT2D eigenvalue weighted by Gasteiger charge is -1.96. The van der Waals surface area contributed by atoms with Gasteiger partial charge in [0.05, 0.1) is 0 Å². The predicted molar refractivity (Wildman–Crippen MR) is 47.5 cm³/mol. The van der Waals surface area contributed by atoms with E-state index in [1.807, 2.05) is 0 Å². The lowest BCUT2D eigenvalue weighted by molar-refractivity contribution is -0.131. The van der Waals surface area contributed by atoms with Crippen LogP contribution in [0.5, 0.6) is 0 Å². The third-order valence-electron chi connectivity index (χ3n) is 1.40. The molecule has 0 atom stereocenters. The summed E-state index contributed by atoms with van der Waals surface area (Å²) in [5.74, 6) is -0.974. The number of para-hydroxylation sites is 1. The summed E-state index contributed by atoms with van der Waals surface area (Å²) in [7, 11) is 0. The van der Waals surface area contributed by atoms with Crippen LogP contribution in [0.3, 0.4) is 0 Å². The Kier molecular flexibility index (Phi) is 2.48. The van der Waals surface area contributed by atoms with Gasteiger partial charge in [0.25, 0.3) is 0 Å². The topological polar surface area (TPSA) is 63.3 Å². The van der Waals surface area contributed by atoms with Gasteiger partial charge in [-0.2, -0.15) is 0 Å². The second kappa shape index (κ2) is 3.57. The largest absolute Gasteiger partial charge is 0.478 e. The van der Waals surface area contributed by atoms with Gasteiger partial charge in [-0.25, -0.2) is 4.79 Å². The van der Waals surface area contributed by atoms with E-state index in [4.69, 9.17) is 10.8 Å². The fourth-order valence-corrected chi connectivity index (χ4v) is 0.824. The van der Waals surface area contributed by atoms with Crippen LogP contribution < -0.4 is 5.73 Å². The number of nitrogens with two attached hydrogens (primary N) is 1. The highest BCUT2D eigenvalue weighted by molar-refractivity contribution is 5.86. The second-order valence-corrected chi connectivity index (χ2v) is 2.30. The minimum atomic E-state index is -0.974. The van der Waals surface area contributed by atoms with Crippen molar-refractivity contribution in [2.45, 2.75) is 0 Å². The zero-order valence-electron chi connectivity index (χ0n) is 6.40. The first-order valence-electron chi connectivity index (χ1n) is 3.45.